The first-order valence-electron chi connectivity index (χ1n) is 9.19. The van der Waals surface area contributed by atoms with Gasteiger partial charge in [-0.25, -0.2) is 0 Å². The molecule has 0 atom stereocenters. The molecule has 0 fully saturated rings. The second kappa shape index (κ2) is 10.2. The number of carbonyl (C=O) groups is 2. The van der Waals surface area contributed by atoms with Crippen LogP contribution in [0.4, 0.5) is 11.4 Å². The van der Waals surface area contributed by atoms with Crippen LogP contribution in [0.1, 0.15) is 32.8 Å². The van der Waals surface area contributed by atoms with Gasteiger partial charge in [-0.1, -0.05) is 20.8 Å². The van der Waals surface area contributed by atoms with Crippen molar-refractivity contribution in [2.45, 2.75) is 33.7 Å². The fraction of sp³-hybridized carbons (Fsp3) is 0.600. The highest BCUT2D eigenvalue weighted by molar-refractivity contribution is 5.91. The van der Waals surface area contributed by atoms with E-state index in [2.05, 4.69) is 10.2 Å². The summed E-state index contributed by atoms with van der Waals surface area (Å²) < 4.78 is 0. The van der Waals surface area contributed by atoms with E-state index in [4.69, 9.17) is 0 Å². The second-order valence-corrected chi connectivity index (χ2v) is 7.36. The van der Waals surface area contributed by atoms with Crippen LogP contribution < -0.4 is 10.2 Å². The maximum absolute atomic E-state index is 12.7. The summed E-state index contributed by atoms with van der Waals surface area (Å²) in [5.74, 6) is 0.0683. The molecule has 0 saturated carbocycles. The lowest BCUT2D eigenvalue weighted by Crippen LogP contribution is -2.38. The zero-order chi connectivity index (χ0) is 19.9. The van der Waals surface area contributed by atoms with Crippen molar-refractivity contribution in [1.82, 2.24) is 9.80 Å². The summed E-state index contributed by atoms with van der Waals surface area (Å²) in [7, 11) is 7.98. The van der Waals surface area contributed by atoms with Crippen LogP contribution in [0.2, 0.25) is 0 Å². The quantitative estimate of drug-likeness (QED) is 0.734. The molecule has 0 unspecified atom stereocenters. The Hall–Kier alpha value is -2.08. The lowest BCUT2D eigenvalue weighted by atomic mass is 10.1. The molecule has 26 heavy (non-hydrogen) atoms. The molecule has 0 aliphatic rings. The number of likely N-dealkylation sites (N-methyl/N-ethyl adjacent to an activating group) is 1. The Balaban J connectivity index is 3.14. The molecule has 1 N–H and O–H groups in total. The molecule has 0 heterocycles. The lowest BCUT2D eigenvalue weighted by molar-refractivity contribution is -0.135. The summed E-state index contributed by atoms with van der Waals surface area (Å²) in [6.45, 7) is 7.68. The fourth-order valence-corrected chi connectivity index (χ4v) is 2.63. The number of anilines is 2. The van der Waals surface area contributed by atoms with Crippen molar-refractivity contribution in [3.05, 3.63) is 23.8 Å². The minimum Gasteiger partial charge on any atom is -0.377 e. The van der Waals surface area contributed by atoms with Crippen molar-refractivity contribution in [3.63, 3.8) is 0 Å². The van der Waals surface area contributed by atoms with Crippen molar-refractivity contribution in [2.75, 3.05) is 51.5 Å². The summed E-state index contributed by atoms with van der Waals surface area (Å²) in [4.78, 5) is 30.4. The van der Waals surface area contributed by atoms with E-state index in [9.17, 15) is 9.59 Å². The van der Waals surface area contributed by atoms with E-state index >= 15 is 0 Å². The van der Waals surface area contributed by atoms with E-state index in [0.717, 1.165) is 23.5 Å². The van der Waals surface area contributed by atoms with Gasteiger partial charge in [-0.05, 0) is 37.9 Å². The fourth-order valence-electron chi connectivity index (χ4n) is 2.63. The van der Waals surface area contributed by atoms with Crippen LogP contribution in [0.3, 0.4) is 0 Å². The minimum absolute atomic E-state index is 0.0173. The van der Waals surface area contributed by atoms with Crippen LogP contribution in [0.25, 0.3) is 0 Å². The van der Waals surface area contributed by atoms with Crippen molar-refractivity contribution in [2.24, 2.45) is 5.92 Å². The van der Waals surface area contributed by atoms with Crippen molar-refractivity contribution >= 4 is 23.2 Å². The molecule has 1 aromatic rings. The molecule has 0 saturated heterocycles. The zero-order valence-corrected chi connectivity index (χ0v) is 17.3. The Morgan fingerprint density at radius 2 is 1.73 bits per heavy atom. The van der Waals surface area contributed by atoms with E-state index in [1.807, 2.05) is 77.0 Å². The van der Waals surface area contributed by atoms with Gasteiger partial charge in [0.15, 0.2) is 0 Å². The molecule has 0 bridgehead atoms. The van der Waals surface area contributed by atoms with Crippen molar-refractivity contribution in [3.8, 4) is 0 Å². The summed E-state index contributed by atoms with van der Waals surface area (Å²) >= 11 is 0. The summed E-state index contributed by atoms with van der Waals surface area (Å²) in [6.07, 6.45) is 0.436. The van der Waals surface area contributed by atoms with E-state index in [0.29, 0.717) is 19.5 Å². The van der Waals surface area contributed by atoms with Gasteiger partial charge in [0.1, 0.15) is 0 Å². The standard InChI is InChI=1S/C20H34N4O2/c1-8-19(25)21-17-9-10-18(23(6)7)16(13-17)14-24(12-11-22(4)5)20(26)15(2)3/h9-10,13,15H,8,11-12,14H2,1-7H3,(H,21,25). The molecular formula is C20H34N4O2. The van der Waals surface area contributed by atoms with E-state index < -0.39 is 0 Å². The Morgan fingerprint density at radius 3 is 2.23 bits per heavy atom. The molecule has 0 aromatic heterocycles. The van der Waals surface area contributed by atoms with Gasteiger partial charge in [0, 0.05) is 57.4 Å². The third kappa shape index (κ3) is 6.67. The Labute approximate surface area is 158 Å². The van der Waals surface area contributed by atoms with Crippen molar-refractivity contribution in [1.29, 1.82) is 0 Å². The lowest BCUT2D eigenvalue weighted by Gasteiger charge is -2.28. The normalized spacial score (nSPS) is 11.0. The number of carbonyl (C=O) groups excluding carboxylic acids is 2. The minimum atomic E-state index is -0.0528. The van der Waals surface area contributed by atoms with Gasteiger partial charge >= 0.3 is 0 Å². The van der Waals surface area contributed by atoms with Gasteiger partial charge < -0.3 is 20.0 Å². The molecule has 0 aliphatic heterocycles. The first-order valence-corrected chi connectivity index (χ1v) is 9.19. The van der Waals surface area contributed by atoms with Crippen molar-refractivity contribution < 1.29 is 9.59 Å². The molecule has 0 aliphatic carbocycles. The first-order chi connectivity index (χ1) is 12.1. The third-order valence-electron chi connectivity index (χ3n) is 4.15. The number of nitrogens with zero attached hydrogens (tertiary/aromatic N) is 3. The average molecular weight is 363 g/mol. The topological polar surface area (TPSA) is 55.9 Å². The van der Waals surface area contributed by atoms with Gasteiger partial charge in [0.2, 0.25) is 11.8 Å². The Bertz CT molecular complexity index is 612. The van der Waals surface area contributed by atoms with Crippen LogP contribution in [0.5, 0.6) is 0 Å². The van der Waals surface area contributed by atoms with E-state index in [1.165, 1.54) is 0 Å². The molecule has 146 valence electrons. The first kappa shape index (κ1) is 22.0. The van der Waals surface area contributed by atoms with E-state index in [1.54, 1.807) is 0 Å². The van der Waals surface area contributed by atoms with Gasteiger partial charge in [-0.3, -0.25) is 9.59 Å². The maximum atomic E-state index is 12.7. The number of hydrogen-bond acceptors (Lipinski definition) is 4. The molecule has 0 radical (unpaired) electrons. The SMILES string of the molecule is CCC(=O)Nc1ccc(N(C)C)c(CN(CCN(C)C)C(=O)C(C)C)c1. The van der Waals surface area contributed by atoms with Gasteiger partial charge in [0.25, 0.3) is 0 Å². The molecule has 6 heteroatoms. The highest BCUT2D eigenvalue weighted by Gasteiger charge is 2.19. The average Bonchev–Trinajstić information content (AvgIpc) is 2.57. The number of nitrogens with one attached hydrogen (secondary N) is 1. The summed E-state index contributed by atoms with van der Waals surface area (Å²) in [5, 5.41) is 2.90. The van der Waals surface area contributed by atoms with Crippen LogP contribution >= 0.6 is 0 Å². The Kier molecular flexibility index (Phi) is 8.58. The maximum Gasteiger partial charge on any atom is 0.225 e. The zero-order valence-electron chi connectivity index (χ0n) is 17.3. The second-order valence-electron chi connectivity index (χ2n) is 7.36. The molecular weight excluding hydrogens is 328 g/mol. The molecule has 6 nitrogen and oxygen atoms in total. The van der Waals surface area contributed by atoms with Crippen LogP contribution in [-0.2, 0) is 16.1 Å². The number of benzene rings is 1. The highest BCUT2D eigenvalue weighted by Crippen LogP contribution is 2.25. The van der Waals surface area contributed by atoms with Gasteiger partial charge in [-0.2, -0.15) is 0 Å². The molecule has 2 amide bonds. The van der Waals surface area contributed by atoms with Gasteiger partial charge in [0.05, 0.1) is 0 Å². The number of amides is 2. The van der Waals surface area contributed by atoms with Gasteiger partial charge in [-0.15, -0.1) is 0 Å². The predicted octanol–water partition coefficient (Wildman–Crippen LogP) is 2.65. The molecule has 1 aromatic carbocycles. The highest BCUT2D eigenvalue weighted by atomic mass is 16.2. The summed E-state index contributed by atoms with van der Waals surface area (Å²) in [5.41, 5.74) is 2.84. The smallest absolute Gasteiger partial charge is 0.225 e. The van der Waals surface area contributed by atoms with Crippen LogP contribution in [-0.4, -0.2) is 62.9 Å². The van der Waals surface area contributed by atoms with Crippen LogP contribution in [0.15, 0.2) is 18.2 Å². The Morgan fingerprint density at radius 1 is 1.08 bits per heavy atom. The molecule has 0 spiro atoms. The number of hydrogen-bond donors (Lipinski definition) is 1. The van der Waals surface area contributed by atoms with Crippen LogP contribution in [0, 0.1) is 5.92 Å². The number of rotatable bonds is 9. The van der Waals surface area contributed by atoms with E-state index in [-0.39, 0.29) is 17.7 Å². The third-order valence-corrected chi connectivity index (χ3v) is 4.15. The monoisotopic (exact) mass is 362 g/mol. The largest absolute Gasteiger partial charge is 0.377 e. The summed E-state index contributed by atoms with van der Waals surface area (Å²) in [6, 6.07) is 5.87. The predicted molar refractivity (Wildman–Crippen MR) is 108 cm³/mol. The molecule has 1 rings (SSSR count).